The molecule has 1 fully saturated rings. The van der Waals surface area contributed by atoms with Gasteiger partial charge in [-0.3, -0.25) is 4.79 Å². The van der Waals surface area contributed by atoms with Crippen molar-refractivity contribution in [3.8, 4) is 0 Å². The summed E-state index contributed by atoms with van der Waals surface area (Å²) < 4.78 is 0. The summed E-state index contributed by atoms with van der Waals surface area (Å²) in [5.74, 6) is 1.38. The molecule has 1 amide bonds. The third-order valence-corrected chi connectivity index (χ3v) is 3.33. The normalized spacial score (nSPS) is 24.8. The Kier molecular flexibility index (Phi) is 7.43. The molecule has 4 heteroatoms. The third kappa shape index (κ3) is 4.14. The SMILES string of the molecule is C=CCCC(=O)N1CCC(C)C(CN)C1.Cl. The number of hydrogen-bond donors (Lipinski definition) is 1. The summed E-state index contributed by atoms with van der Waals surface area (Å²) in [4.78, 5) is 13.7. The second-order valence-electron chi connectivity index (χ2n) is 4.43. The molecule has 2 unspecified atom stereocenters. The highest BCUT2D eigenvalue weighted by atomic mass is 35.5. The van der Waals surface area contributed by atoms with Gasteiger partial charge in [-0.25, -0.2) is 0 Å². The van der Waals surface area contributed by atoms with E-state index in [9.17, 15) is 4.79 Å². The average Bonchev–Trinajstić information content (AvgIpc) is 2.26. The molecule has 0 bridgehead atoms. The molecule has 3 nitrogen and oxygen atoms in total. The quantitative estimate of drug-likeness (QED) is 0.770. The van der Waals surface area contributed by atoms with E-state index in [4.69, 9.17) is 5.73 Å². The molecule has 0 aromatic carbocycles. The molecule has 1 aliphatic heterocycles. The summed E-state index contributed by atoms with van der Waals surface area (Å²) in [5, 5.41) is 0. The molecule has 0 aromatic heterocycles. The van der Waals surface area contributed by atoms with Crippen molar-refractivity contribution >= 4 is 18.3 Å². The van der Waals surface area contributed by atoms with Crippen molar-refractivity contribution in [2.45, 2.75) is 26.2 Å². The molecular formula is C12H23ClN2O. The number of hydrogen-bond acceptors (Lipinski definition) is 2. The summed E-state index contributed by atoms with van der Waals surface area (Å²) in [6.07, 6.45) is 4.25. The summed E-state index contributed by atoms with van der Waals surface area (Å²) >= 11 is 0. The van der Waals surface area contributed by atoms with Gasteiger partial charge in [0.25, 0.3) is 0 Å². The van der Waals surface area contributed by atoms with Crippen LogP contribution in [0.5, 0.6) is 0 Å². The van der Waals surface area contributed by atoms with Gasteiger partial charge < -0.3 is 10.6 Å². The van der Waals surface area contributed by atoms with Crippen LogP contribution >= 0.6 is 12.4 Å². The molecule has 94 valence electrons. The maximum atomic E-state index is 11.8. The van der Waals surface area contributed by atoms with Gasteiger partial charge in [-0.2, -0.15) is 0 Å². The molecule has 0 radical (unpaired) electrons. The molecule has 2 atom stereocenters. The number of carbonyl (C=O) groups is 1. The van der Waals surface area contributed by atoms with E-state index >= 15 is 0 Å². The fourth-order valence-corrected chi connectivity index (χ4v) is 2.07. The van der Waals surface area contributed by atoms with Crippen LogP contribution in [0.3, 0.4) is 0 Å². The molecule has 16 heavy (non-hydrogen) atoms. The smallest absolute Gasteiger partial charge is 0.222 e. The van der Waals surface area contributed by atoms with Crippen molar-refractivity contribution in [1.29, 1.82) is 0 Å². The van der Waals surface area contributed by atoms with Crippen LogP contribution in [0, 0.1) is 11.8 Å². The first kappa shape index (κ1) is 15.5. The van der Waals surface area contributed by atoms with E-state index in [1.165, 1.54) is 0 Å². The maximum Gasteiger partial charge on any atom is 0.222 e. The highest BCUT2D eigenvalue weighted by Crippen LogP contribution is 2.22. The minimum Gasteiger partial charge on any atom is -0.342 e. The number of carbonyl (C=O) groups excluding carboxylic acids is 1. The Morgan fingerprint density at radius 1 is 1.62 bits per heavy atom. The van der Waals surface area contributed by atoms with Crippen molar-refractivity contribution in [2.24, 2.45) is 17.6 Å². The summed E-state index contributed by atoms with van der Waals surface area (Å²) in [5.41, 5.74) is 5.70. The number of halogens is 1. The zero-order valence-electron chi connectivity index (χ0n) is 10.0. The van der Waals surface area contributed by atoms with Crippen molar-refractivity contribution in [3.05, 3.63) is 12.7 Å². The molecule has 1 aliphatic rings. The monoisotopic (exact) mass is 246 g/mol. The average molecular weight is 247 g/mol. The molecule has 1 rings (SSSR count). The van der Waals surface area contributed by atoms with Gasteiger partial charge in [0, 0.05) is 19.5 Å². The second-order valence-corrected chi connectivity index (χ2v) is 4.43. The lowest BCUT2D eigenvalue weighted by Crippen LogP contribution is -2.45. The lowest BCUT2D eigenvalue weighted by atomic mass is 9.87. The summed E-state index contributed by atoms with van der Waals surface area (Å²) in [6, 6.07) is 0. The van der Waals surface area contributed by atoms with Crippen LogP contribution in [-0.4, -0.2) is 30.4 Å². The van der Waals surface area contributed by atoms with Crippen LogP contribution in [-0.2, 0) is 4.79 Å². The van der Waals surface area contributed by atoms with Gasteiger partial charge >= 0.3 is 0 Å². The van der Waals surface area contributed by atoms with Gasteiger partial charge in [0.15, 0.2) is 0 Å². The number of rotatable bonds is 4. The van der Waals surface area contributed by atoms with E-state index in [1.54, 1.807) is 6.08 Å². The molecule has 0 aromatic rings. The lowest BCUT2D eigenvalue weighted by Gasteiger charge is -2.36. The van der Waals surface area contributed by atoms with Crippen LogP contribution < -0.4 is 5.73 Å². The molecule has 0 spiro atoms. The topological polar surface area (TPSA) is 46.3 Å². The van der Waals surface area contributed by atoms with Crippen molar-refractivity contribution in [2.75, 3.05) is 19.6 Å². The highest BCUT2D eigenvalue weighted by molar-refractivity contribution is 5.85. The van der Waals surface area contributed by atoms with Crippen LogP contribution in [0.25, 0.3) is 0 Å². The number of nitrogens with two attached hydrogens (primary N) is 1. The number of nitrogens with zero attached hydrogens (tertiary/aromatic N) is 1. The van der Waals surface area contributed by atoms with Crippen molar-refractivity contribution < 1.29 is 4.79 Å². The largest absolute Gasteiger partial charge is 0.342 e. The van der Waals surface area contributed by atoms with Crippen LogP contribution in [0.15, 0.2) is 12.7 Å². The van der Waals surface area contributed by atoms with Gasteiger partial charge in [0.1, 0.15) is 0 Å². The first-order chi connectivity index (χ1) is 7.19. The van der Waals surface area contributed by atoms with E-state index in [1.807, 2.05) is 4.90 Å². The fourth-order valence-electron chi connectivity index (χ4n) is 2.07. The van der Waals surface area contributed by atoms with E-state index < -0.39 is 0 Å². The molecule has 0 saturated carbocycles. The van der Waals surface area contributed by atoms with Gasteiger partial charge in [-0.15, -0.1) is 19.0 Å². The maximum absolute atomic E-state index is 11.8. The van der Waals surface area contributed by atoms with E-state index in [0.29, 0.717) is 24.8 Å². The number of amides is 1. The predicted octanol–water partition coefficient (Wildman–Crippen LogP) is 1.82. The summed E-state index contributed by atoms with van der Waals surface area (Å²) in [7, 11) is 0. The van der Waals surface area contributed by atoms with Gasteiger partial charge in [-0.05, 0) is 31.2 Å². The minimum atomic E-state index is 0. The first-order valence-corrected chi connectivity index (χ1v) is 5.77. The zero-order valence-corrected chi connectivity index (χ0v) is 10.8. The molecule has 1 saturated heterocycles. The number of allylic oxidation sites excluding steroid dienone is 1. The van der Waals surface area contributed by atoms with Gasteiger partial charge in [0.05, 0.1) is 0 Å². The van der Waals surface area contributed by atoms with Crippen molar-refractivity contribution in [1.82, 2.24) is 4.90 Å². The number of piperidine rings is 1. The lowest BCUT2D eigenvalue weighted by molar-refractivity contribution is -0.133. The van der Waals surface area contributed by atoms with E-state index in [-0.39, 0.29) is 18.3 Å². The Morgan fingerprint density at radius 2 is 2.31 bits per heavy atom. The molecular weight excluding hydrogens is 224 g/mol. The number of likely N-dealkylation sites (tertiary alicyclic amines) is 1. The van der Waals surface area contributed by atoms with Crippen LogP contribution in [0.1, 0.15) is 26.2 Å². The van der Waals surface area contributed by atoms with Gasteiger partial charge in [-0.1, -0.05) is 13.0 Å². The summed E-state index contributed by atoms with van der Waals surface area (Å²) in [6.45, 7) is 8.28. The minimum absolute atomic E-state index is 0. The second kappa shape index (κ2) is 7.69. The zero-order chi connectivity index (χ0) is 11.3. The van der Waals surface area contributed by atoms with Gasteiger partial charge in [0.2, 0.25) is 5.91 Å². The van der Waals surface area contributed by atoms with Crippen LogP contribution in [0.2, 0.25) is 0 Å². The van der Waals surface area contributed by atoms with E-state index in [2.05, 4.69) is 13.5 Å². The Balaban J connectivity index is 0.00000225. The Hall–Kier alpha value is -0.540. The molecule has 2 N–H and O–H groups in total. The highest BCUT2D eigenvalue weighted by Gasteiger charge is 2.27. The molecule has 1 heterocycles. The predicted molar refractivity (Wildman–Crippen MR) is 69.6 cm³/mol. The Morgan fingerprint density at radius 3 is 2.88 bits per heavy atom. The Bertz CT molecular complexity index is 233. The Labute approximate surface area is 104 Å². The fraction of sp³-hybridized carbons (Fsp3) is 0.750. The third-order valence-electron chi connectivity index (χ3n) is 3.33. The first-order valence-electron chi connectivity index (χ1n) is 5.77. The molecule has 0 aliphatic carbocycles. The van der Waals surface area contributed by atoms with E-state index in [0.717, 1.165) is 25.9 Å². The van der Waals surface area contributed by atoms with Crippen LogP contribution in [0.4, 0.5) is 0 Å². The standard InChI is InChI=1S/C12H22N2O.ClH/c1-3-4-5-12(15)14-7-6-10(2)11(8-13)9-14;/h3,10-11H,1,4-9,13H2,2H3;1H. The van der Waals surface area contributed by atoms with Crippen molar-refractivity contribution in [3.63, 3.8) is 0 Å².